The lowest BCUT2D eigenvalue weighted by molar-refractivity contribution is -0.121. The average molecular weight is 312 g/mol. The van der Waals surface area contributed by atoms with Crippen molar-refractivity contribution in [2.24, 2.45) is 0 Å². The van der Waals surface area contributed by atoms with E-state index in [4.69, 9.17) is 0 Å². The third-order valence-corrected chi connectivity index (χ3v) is 4.76. The molecule has 1 saturated heterocycles. The fourth-order valence-electron chi connectivity index (χ4n) is 2.54. The number of hydrogen-bond acceptors (Lipinski definition) is 4. The highest BCUT2D eigenvalue weighted by molar-refractivity contribution is 8.00. The van der Waals surface area contributed by atoms with E-state index in [1.807, 2.05) is 49.4 Å². The van der Waals surface area contributed by atoms with Gasteiger partial charge in [-0.3, -0.25) is 9.59 Å². The lowest BCUT2D eigenvalue weighted by Gasteiger charge is -2.18. The molecule has 1 aromatic carbocycles. The molecule has 2 heterocycles. The molecule has 1 aromatic heterocycles. The highest BCUT2D eigenvalue weighted by atomic mass is 32.2. The van der Waals surface area contributed by atoms with Gasteiger partial charge in [-0.2, -0.15) is 0 Å². The van der Waals surface area contributed by atoms with Crippen molar-refractivity contribution in [3.63, 3.8) is 0 Å². The number of rotatable bonds is 4. The number of carbonyl (C=O) groups excluding carboxylic acids is 2. The van der Waals surface area contributed by atoms with E-state index < -0.39 is 5.25 Å². The topological polar surface area (TPSA) is 50.3 Å². The van der Waals surface area contributed by atoms with E-state index in [2.05, 4.69) is 4.98 Å². The van der Waals surface area contributed by atoms with Crippen LogP contribution in [0.15, 0.2) is 53.7 Å². The highest BCUT2D eigenvalue weighted by Crippen LogP contribution is 2.34. The maximum absolute atomic E-state index is 12.6. The number of amides is 2. The van der Waals surface area contributed by atoms with E-state index >= 15 is 0 Å². The zero-order valence-electron chi connectivity index (χ0n) is 12.2. The fourth-order valence-corrected chi connectivity index (χ4v) is 3.54. The van der Waals surface area contributed by atoms with Crippen molar-refractivity contribution in [3.05, 3.63) is 54.2 Å². The predicted molar refractivity (Wildman–Crippen MR) is 86.8 cm³/mol. The first-order valence-corrected chi connectivity index (χ1v) is 8.11. The molecule has 0 spiro atoms. The number of para-hydroxylation sites is 1. The number of aromatic nitrogens is 1. The van der Waals surface area contributed by atoms with Gasteiger partial charge in [-0.25, -0.2) is 9.88 Å². The summed E-state index contributed by atoms with van der Waals surface area (Å²) in [4.78, 5) is 30.5. The number of pyridine rings is 1. The molecule has 0 bridgehead atoms. The van der Waals surface area contributed by atoms with E-state index in [-0.39, 0.29) is 18.2 Å². The Bertz CT molecular complexity index is 703. The Labute approximate surface area is 133 Å². The van der Waals surface area contributed by atoms with Crippen molar-refractivity contribution < 1.29 is 9.59 Å². The number of carbonyl (C=O) groups is 2. The second-order valence-corrected chi connectivity index (χ2v) is 6.25. The summed E-state index contributed by atoms with van der Waals surface area (Å²) in [6.07, 6.45) is 2.69. The van der Waals surface area contributed by atoms with Crippen LogP contribution in [0, 0.1) is 0 Å². The van der Waals surface area contributed by atoms with Crippen LogP contribution < -0.4 is 4.90 Å². The van der Waals surface area contributed by atoms with Crippen molar-refractivity contribution in [2.45, 2.75) is 30.0 Å². The molecule has 2 aromatic rings. The van der Waals surface area contributed by atoms with Gasteiger partial charge in [0.2, 0.25) is 11.8 Å². The van der Waals surface area contributed by atoms with Crippen molar-refractivity contribution in [2.75, 3.05) is 4.90 Å². The van der Waals surface area contributed by atoms with Crippen LogP contribution in [0.4, 0.5) is 5.69 Å². The van der Waals surface area contributed by atoms with E-state index in [0.717, 1.165) is 17.0 Å². The molecule has 3 rings (SSSR count). The van der Waals surface area contributed by atoms with E-state index in [0.29, 0.717) is 5.69 Å². The van der Waals surface area contributed by atoms with Crippen molar-refractivity contribution >= 4 is 29.3 Å². The molecule has 2 amide bonds. The average Bonchev–Trinajstić information content (AvgIpc) is 2.82. The molecule has 1 aliphatic heterocycles. The Kier molecular flexibility index (Phi) is 4.24. The first kappa shape index (κ1) is 14.8. The van der Waals surface area contributed by atoms with Gasteiger partial charge in [-0.05, 0) is 30.2 Å². The monoisotopic (exact) mass is 312 g/mol. The Morgan fingerprint density at radius 1 is 1.18 bits per heavy atom. The predicted octanol–water partition coefficient (Wildman–Crippen LogP) is 3.07. The van der Waals surface area contributed by atoms with Crippen LogP contribution in [-0.4, -0.2) is 22.0 Å². The Hall–Kier alpha value is -2.14. The second-order valence-electron chi connectivity index (χ2n) is 5.03. The number of thioether (sulfide) groups is 1. The zero-order valence-corrected chi connectivity index (χ0v) is 13.0. The lowest BCUT2D eigenvalue weighted by atomic mass is 10.1. The van der Waals surface area contributed by atoms with Gasteiger partial charge >= 0.3 is 0 Å². The van der Waals surface area contributed by atoms with Gasteiger partial charge in [0.15, 0.2) is 0 Å². The standard InChI is InChI=1S/C17H16N2O2S/c1-2-12-7-3-4-8-13(12)19-16(20)11-14(17(19)21)22-15-9-5-6-10-18-15/h3-10,14H,2,11H2,1H3. The van der Waals surface area contributed by atoms with Gasteiger partial charge in [-0.15, -0.1) is 0 Å². The molecule has 112 valence electrons. The molecule has 0 saturated carbocycles. The lowest BCUT2D eigenvalue weighted by Crippen LogP contribution is -2.31. The Morgan fingerprint density at radius 3 is 2.68 bits per heavy atom. The normalized spacial score (nSPS) is 18.0. The van der Waals surface area contributed by atoms with Crippen LogP contribution in [0.2, 0.25) is 0 Å². The van der Waals surface area contributed by atoms with Crippen LogP contribution in [-0.2, 0) is 16.0 Å². The van der Waals surface area contributed by atoms with Crippen molar-refractivity contribution in [3.8, 4) is 0 Å². The molecule has 0 radical (unpaired) electrons. The highest BCUT2D eigenvalue weighted by Gasteiger charge is 2.40. The fraction of sp³-hybridized carbons (Fsp3) is 0.235. The maximum atomic E-state index is 12.6. The third-order valence-electron chi connectivity index (χ3n) is 3.62. The molecule has 4 nitrogen and oxygen atoms in total. The van der Waals surface area contributed by atoms with Gasteiger partial charge in [0.05, 0.1) is 16.0 Å². The summed E-state index contributed by atoms with van der Waals surface area (Å²) in [7, 11) is 0. The molecule has 1 aliphatic rings. The zero-order chi connectivity index (χ0) is 15.5. The molecule has 0 aliphatic carbocycles. The van der Waals surface area contributed by atoms with Gasteiger partial charge in [-0.1, -0.05) is 43.0 Å². The minimum Gasteiger partial charge on any atom is -0.274 e. The summed E-state index contributed by atoms with van der Waals surface area (Å²) in [5, 5.41) is 0.367. The molecule has 5 heteroatoms. The molecular formula is C17H16N2O2S. The summed E-state index contributed by atoms with van der Waals surface area (Å²) in [5.41, 5.74) is 1.72. The van der Waals surface area contributed by atoms with Gasteiger partial charge in [0, 0.05) is 12.6 Å². The molecule has 1 atom stereocenters. The maximum Gasteiger partial charge on any atom is 0.247 e. The van der Waals surface area contributed by atoms with Crippen molar-refractivity contribution in [1.82, 2.24) is 4.98 Å². The van der Waals surface area contributed by atoms with Crippen LogP contribution in [0.25, 0.3) is 0 Å². The number of aryl methyl sites for hydroxylation is 1. The number of nitrogens with zero attached hydrogens (tertiary/aromatic N) is 2. The third kappa shape index (κ3) is 2.76. The minimum atomic E-state index is -0.396. The summed E-state index contributed by atoms with van der Waals surface area (Å²) >= 11 is 1.35. The first-order chi connectivity index (χ1) is 10.7. The van der Waals surface area contributed by atoms with Gasteiger partial charge in [0.25, 0.3) is 0 Å². The van der Waals surface area contributed by atoms with E-state index in [1.165, 1.54) is 16.7 Å². The van der Waals surface area contributed by atoms with E-state index in [9.17, 15) is 9.59 Å². The minimum absolute atomic E-state index is 0.140. The van der Waals surface area contributed by atoms with E-state index in [1.54, 1.807) is 6.20 Å². The quantitative estimate of drug-likeness (QED) is 0.814. The molecule has 0 N–H and O–H groups in total. The summed E-state index contributed by atoms with van der Waals surface area (Å²) in [6.45, 7) is 2.02. The van der Waals surface area contributed by atoms with Gasteiger partial charge in [0.1, 0.15) is 0 Å². The SMILES string of the molecule is CCc1ccccc1N1C(=O)CC(Sc2ccccn2)C1=O. The van der Waals surface area contributed by atoms with Crippen molar-refractivity contribution in [1.29, 1.82) is 0 Å². The largest absolute Gasteiger partial charge is 0.274 e. The Morgan fingerprint density at radius 2 is 1.95 bits per heavy atom. The van der Waals surface area contributed by atoms with Crippen LogP contribution >= 0.6 is 11.8 Å². The number of hydrogen-bond donors (Lipinski definition) is 0. The van der Waals surface area contributed by atoms with Crippen LogP contribution in [0.5, 0.6) is 0 Å². The second kappa shape index (κ2) is 6.32. The number of anilines is 1. The molecule has 1 unspecified atom stereocenters. The van der Waals surface area contributed by atoms with Gasteiger partial charge < -0.3 is 0 Å². The Balaban J connectivity index is 1.86. The summed E-state index contributed by atoms with van der Waals surface area (Å²) < 4.78 is 0. The molecule has 1 fully saturated rings. The summed E-state index contributed by atoms with van der Waals surface area (Å²) in [6, 6.07) is 13.1. The number of imide groups is 1. The van der Waals surface area contributed by atoms with Crippen LogP contribution in [0.3, 0.4) is 0 Å². The molecule has 22 heavy (non-hydrogen) atoms. The smallest absolute Gasteiger partial charge is 0.247 e. The first-order valence-electron chi connectivity index (χ1n) is 7.23. The molecular weight excluding hydrogens is 296 g/mol. The number of benzene rings is 1. The summed E-state index contributed by atoms with van der Waals surface area (Å²) in [5.74, 6) is -0.291. The van der Waals surface area contributed by atoms with Crippen LogP contribution in [0.1, 0.15) is 18.9 Å².